The van der Waals surface area contributed by atoms with E-state index in [1.807, 2.05) is 0 Å². The van der Waals surface area contributed by atoms with Gasteiger partial charge in [0.2, 0.25) is 0 Å². The van der Waals surface area contributed by atoms with Crippen molar-refractivity contribution in [2.24, 2.45) is 0 Å². The summed E-state index contributed by atoms with van der Waals surface area (Å²) in [5, 5.41) is 2.09. The lowest BCUT2D eigenvalue weighted by Crippen LogP contribution is -2.50. The van der Waals surface area contributed by atoms with Crippen molar-refractivity contribution in [3.05, 3.63) is 22.4 Å². The number of hydrogen-bond acceptors (Lipinski definition) is 3. The largest absolute Gasteiger partial charge is 0.282 e. The molecule has 0 saturated carbocycles. The van der Waals surface area contributed by atoms with E-state index < -0.39 is 10.2 Å². The van der Waals surface area contributed by atoms with Gasteiger partial charge in [0, 0.05) is 30.6 Å². The van der Waals surface area contributed by atoms with Crippen molar-refractivity contribution >= 4 is 21.5 Å². The lowest BCUT2D eigenvalue weighted by atomic mass is 10.0. The van der Waals surface area contributed by atoms with Crippen LogP contribution in [0.1, 0.15) is 43.4 Å². The minimum absolute atomic E-state index is 0.187. The molecule has 3 rings (SSSR count). The number of rotatable bonds is 5. The van der Waals surface area contributed by atoms with Crippen molar-refractivity contribution in [3.63, 3.8) is 0 Å². The third-order valence-electron chi connectivity index (χ3n) is 4.56. The Morgan fingerprint density at radius 1 is 1.14 bits per heavy atom. The molecule has 0 amide bonds. The summed E-state index contributed by atoms with van der Waals surface area (Å²) in [6.45, 7) is 2.11. The van der Waals surface area contributed by atoms with Crippen LogP contribution >= 0.6 is 11.3 Å². The van der Waals surface area contributed by atoms with Crippen LogP contribution in [-0.4, -0.2) is 42.7 Å². The van der Waals surface area contributed by atoms with Gasteiger partial charge in [-0.05, 0) is 50.0 Å². The molecule has 2 fully saturated rings. The molecule has 0 bridgehead atoms. The van der Waals surface area contributed by atoms with E-state index in [1.165, 1.54) is 4.88 Å². The standard InChI is InChI=1S/C15H24N2O2S2/c18-21(19,16-10-3-4-11-16)17-12-2-1-6-14(17)8-9-15-7-5-13-20-15/h5,7,13-14H,1-4,6,8-12H2/t14-/m0/s1. The molecule has 2 saturated heterocycles. The van der Waals surface area contributed by atoms with Gasteiger partial charge in [-0.1, -0.05) is 12.5 Å². The average molecular weight is 329 g/mol. The topological polar surface area (TPSA) is 40.6 Å². The molecule has 2 aliphatic heterocycles. The molecule has 21 heavy (non-hydrogen) atoms. The lowest BCUT2D eigenvalue weighted by Gasteiger charge is -2.37. The average Bonchev–Trinajstić information content (AvgIpc) is 3.18. The summed E-state index contributed by atoms with van der Waals surface area (Å²) in [7, 11) is -3.23. The van der Waals surface area contributed by atoms with Crippen LogP contribution in [0.4, 0.5) is 0 Å². The van der Waals surface area contributed by atoms with Gasteiger partial charge < -0.3 is 0 Å². The van der Waals surface area contributed by atoms with Crippen molar-refractivity contribution in [3.8, 4) is 0 Å². The Morgan fingerprint density at radius 3 is 2.62 bits per heavy atom. The van der Waals surface area contributed by atoms with Gasteiger partial charge in [0.1, 0.15) is 0 Å². The summed E-state index contributed by atoms with van der Waals surface area (Å²) in [4.78, 5) is 1.36. The van der Waals surface area contributed by atoms with E-state index in [-0.39, 0.29) is 6.04 Å². The normalized spacial score (nSPS) is 25.4. The van der Waals surface area contributed by atoms with Crippen LogP contribution in [0.3, 0.4) is 0 Å². The molecule has 0 unspecified atom stereocenters. The van der Waals surface area contributed by atoms with E-state index in [1.54, 1.807) is 19.9 Å². The number of hydrogen-bond donors (Lipinski definition) is 0. The van der Waals surface area contributed by atoms with Crippen molar-refractivity contribution in [1.82, 2.24) is 8.61 Å². The molecule has 1 aromatic rings. The Hall–Kier alpha value is -0.430. The van der Waals surface area contributed by atoms with Gasteiger partial charge in [-0.3, -0.25) is 0 Å². The van der Waals surface area contributed by atoms with Crippen molar-refractivity contribution < 1.29 is 8.42 Å². The van der Waals surface area contributed by atoms with Crippen LogP contribution in [-0.2, 0) is 16.6 Å². The van der Waals surface area contributed by atoms with Gasteiger partial charge in [-0.15, -0.1) is 11.3 Å². The maximum atomic E-state index is 12.8. The predicted molar refractivity (Wildman–Crippen MR) is 86.7 cm³/mol. The van der Waals surface area contributed by atoms with Crippen LogP contribution in [0.5, 0.6) is 0 Å². The minimum atomic E-state index is -3.23. The molecule has 118 valence electrons. The van der Waals surface area contributed by atoms with Crippen LogP contribution < -0.4 is 0 Å². The first-order valence-corrected chi connectivity index (χ1v) is 10.2. The van der Waals surface area contributed by atoms with E-state index in [4.69, 9.17) is 0 Å². The van der Waals surface area contributed by atoms with E-state index in [9.17, 15) is 8.42 Å². The molecular formula is C15H24N2O2S2. The predicted octanol–water partition coefficient (Wildman–Crippen LogP) is 2.88. The number of thiophene rings is 1. The summed E-state index contributed by atoms with van der Waals surface area (Å²) in [5.74, 6) is 0. The Balaban J connectivity index is 1.68. The molecule has 4 nitrogen and oxygen atoms in total. The van der Waals surface area contributed by atoms with Gasteiger partial charge >= 0.3 is 0 Å². The molecule has 0 N–H and O–H groups in total. The van der Waals surface area contributed by atoms with Gasteiger partial charge in [-0.25, -0.2) is 0 Å². The van der Waals surface area contributed by atoms with E-state index in [0.717, 1.165) is 44.9 Å². The van der Waals surface area contributed by atoms with E-state index >= 15 is 0 Å². The quantitative estimate of drug-likeness (QED) is 0.834. The van der Waals surface area contributed by atoms with Crippen molar-refractivity contribution in [2.75, 3.05) is 19.6 Å². The smallest absolute Gasteiger partial charge is 0.195 e. The van der Waals surface area contributed by atoms with Crippen LogP contribution in [0, 0.1) is 0 Å². The molecule has 2 aliphatic rings. The Kier molecular flexibility index (Phi) is 4.99. The molecule has 1 atom stereocenters. The Bertz CT molecular complexity index is 536. The summed E-state index contributed by atoms with van der Waals surface area (Å²) < 4.78 is 29.1. The zero-order valence-electron chi connectivity index (χ0n) is 12.4. The van der Waals surface area contributed by atoms with Crippen molar-refractivity contribution in [1.29, 1.82) is 0 Å². The number of piperidine rings is 1. The summed E-state index contributed by atoms with van der Waals surface area (Å²) in [5.41, 5.74) is 0. The SMILES string of the molecule is O=S(=O)(N1CCCC1)N1CCCC[C@H]1CCc1cccs1. The zero-order valence-corrected chi connectivity index (χ0v) is 14.0. The summed E-state index contributed by atoms with van der Waals surface area (Å²) in [6, 6.07) is 4.40. The fourth-order valence-corrected chi connectivity index (χ4v) is 6.09. The second-order valence-electron chi connectivity index (χ2n) is 5.99. The zero-order chi connectivity index (χ0) is 14.7. The highest BCUT2D eigenvalue weighted by Gasteiger charge is 2.37. The fraction of sp³-hybridized carbons (Fsp3) is 0.733. The first-order chi connectivity index (χ1) is 10.2. The third kappa shape index (κ3) is 3.50. The summed E-state index contributed by atoms with van der Waals surface area (Å²) in [6.07, 6.45) is 7.13. The second kappa shape index (κ2) is 6.77. The Morgan fingerprint density at radius 2 is 1.90 bits per heavy atom. The second-order valence-corrected chi connectivity index (χ2v) is 8.91. The Labute approximate surface area is 131 Å². The van der Waals surface area contributed by atoms with Gasteiger partial charge in [0.05, 0.1) is 0 Å². The highest BCUT2D eigenvalue weighted by Crippen LogP contribution is 2.28. The minimum Gasteiger partial charge on any atom is -0.195 e. The summed E-state index contributed by atoms with van der Waals surface area (Å²) >= 11 is 1.77. The third-order valence-corrected chi connectivity index (χ3v) is 7.59. The molecule has 3 heterocycles. The van der Waals surface area contributed by atoms with Crippen LogP contribution in [0.25, 0.3) is 0 Å². The molecule has 6 heteroatoms. The fourth-order valence-electron chi connectivity index (χ4n) is 3.40. The van der Waals surface area contributed by atoms with Gasteiger partial charge in [-0.2, -0.15) is 17.0 Å². The van der Waals surface area contributed by atoms with Gasteiger partial charge in [0.25, 0.3) is 10.2 Å². The lowest BCUT2D eigenvalue weighted by molar-refractivity contribution is 0.226. The molecule has 0 aromatic carbocycles. The molecule has 0 aliphatic carbocycles. The van der Waals surface area contributed by atoms with Gasteiger partial charge in [0.15, 0.2) is 0 Å². The molecular weight excluding hydrogens is 304 g/mol. The maximum absolute atomic E-state index is 12.8. The molecule has 1 aromatic heterocycles. The number of aryl methyl sites for hydroxylation is 1. The molecule has 0 spiro atoms. The highest BCUT2D eigenvalue weighted by atomic mass is 32.2. The first kappa shape index (κ1) is 15.5. The highest BCUT2D eigenvalue weighted by molar-refractivity contribution is 7.86. The number of nitrogens with zero attached hydrogens (tertiary/aromatic N) is 2. The van der Waals surface area contributed by atoms with Crippen LogP contribution in [0.2, 0.25) is 0 Å². The monoisotopic (exact) mass is 328 g/mol. The van der Waals surface area contributed by atoms with Crippen molar-refractivity contribution in [2.45, 2.75) is 51.0 Å². The molecule has 0 radical (unpaired) electrons. The van der Waals surface area contributed by atoms with E-state index in [0.29, 0.717) is 19.6 Å². The van der Waals surface area contributed by atoms with Crippen LogP contribution in [0.15, 0.2) is 17.5 Å². The first-order valence-electron chi connectivity index (χ1n) is 7.97. The maximum Gasteiger partial charge on any atom is 0.282 e. The van der Waals surface area contributed by atoms with E-state index in [2.05, 4.69) is 17.5 Å².